The summed E-state index contributed by atoms with van der Waals surface area (Å²) >= 11 is 5.82. The summed E-state index contributed by atoms with van der Waals surface area (Å²) in [5.74, 6) is 1.54. The van der Waals surface area contributed by atoms with E-state index >= 15 is 0 Å². The Bertz CT molecular complexity index is 467. The number of halogens is 1. The molecule has 4 heteroatoms. The summed E-state index contributed by atoms with van der Waals surface area (Å²) in [5.41, 5.74) is 0.866. The van der Waals surface area contributed by atoms with E-state index in [1.807, 2.05) is 12.1 Å². The van der Waals surface area contributed by atoms with Gasteiger partial charge in [0, 0.05) is 24.7 Å². The summed E-state index contributed by atoms with van der Waals surface area (Å²) in [5, 5.41) is 1.04. The van der Waals surface area contributed by atoms with Crippen LogP contribution in [0.2, 0.25) is 0 Å². The van der Waals surface area contributed by atoms with Crippen molar-refractivity contribution >= 4 is 28.4 Å². The molecule has 3 nitrogen and oxygen atoms in total. The maximum Gasteiger partial charge on any atom is 0.139 e. The van der Waals surface area contributed by atoms with Crippen molar-refractivity contribution in [3.05, 3.63) is 24.6 Å². The number of furan rings is 1. The number of nitrogens with zero attached hydrogens (tertiary/aromatic N) is 2. The molecule has 0 aliphatic heterocycles. The van der Waals surface area contributed by atoms with E-state index in [4.69, 9.17) is 16.0 Å². The monoisotopic (exact) mass is 238 g/mol. The first-order chi connectivity index (χ1) is 7.74. The summed E-state index contributed by atoms with van der Waals surface area (Å²) in [6.45, 7) is 5.05. The van der Waals surface area contributed by atoms with Crippen LogP contribution in [0.3, 0.4) is 0 Å². The van der Waals surface area contributed by atoms with Gasteiger partial charge < -0.3 is 9.32 Å². The van der Waals surface area contributed by atoms with E-state index in [1.165, 1.54) is 0 Å². The van der Waals surface area contributed by atoms with Gasteiger partial charge in [0.2, 0.25) is 0 Å². The number of pyridine rings is 1. The molecule has 0 saturated carbocycles. The van der Waals surface area contributed by atoms with Crippen molar-refractivity contribution < 1.29 is 4.42 Å². The molecule has 0 fully saturated rings. The minimum absolute atomic E-state index is 0.367. The topological polar surface area (TPSA) is 29.3 Å². The highest BCUT2D eigenvalue weighted by molar-refractivity contribution is 6.18. The molecule has 2 rings (SSSR count). The SMILES string of the molecule is CC(C)N(CCCl)c1nccc2occc12. The van der Waals surface area contributed by atoms with E-state index in [9.17, 15) is 0 Å². The van der Waals surface area contributed by atoms with Crippen LogP contribution in [0.5, 0.6) is 0 Å². The molecule has 0 bridgehead atoms. The standard InChI is InChI=1S/C12H15ClN2O/c1-9(2)15(7-5-13)12-10-4-8-16-11(10)3-6-14-12/h3-4,6,8-9H,5,7H2,1-2H3. The molecular weight excluding hydrogens is 224 g/mol. The van der Waals surface area contributed by atoms with Crippen molar-refractivity contribution in [1.82, 2.24) is 4.98 Å². The third-order valence-electron chi connectivity index (χ3n) is 2.58. The van der Waals surface area contributed by atoms with E-state index < -0.39 is 0 Å². The molecule has 86 valence electrons. The zero-order chi connectivity index (χ0) is 11.5. The second kappa shape index (κ2) is 4.74. The van der Waals surface area contributed by atoms with Gasteiger partial charge in [-0.05, 0) is 26.0 Å². The number of anilines is 1. The number of hydrogen-bond acceptors (Lipinski definition) is 3. The first-order valence-corrected chi connectivity index (χ1v) is 5.92. The first kappa shape index (κ1) is 11.3. The van der Waals surface area contributed by atoms with Gasteiger partial charge in [-0.3, -0.25) is 0 Å². The molecule has 0 saturated heterocycles. The van der Waals surface area contributed by atoms with Gasteiger partial charge in [0.15, 0.2) is 0 Å². The van der Waals surface area contributed by atoms with Gasteiger partial charge in [0.1, 0.15) is 11.4 Å². The lowest BCUT2D eigenvalue weighted by Gasteiger charge is -2.27. The van der Waals surface area contributed by atoms with Crippen LogP contribution in [0.1, 0.15) is 13.8 Å². The van der Waals surface area contributed by atoms with E-state index in [0.717, 1.165) is 23.3 Å². The molecule has 2 heterocycles. The molecule has 0 unspecified atom stereocenters. The predicted octanol–water partition coefficient (Wildman–Crippen LogP) is 3.28. The number of aromatic nitrogens is 1. The lowest BCUT2D eigenvalue weighted by Crippen LogP contribution is -2.33. The Labute approximate surface area is 100 Å². The van der Waals surface area contributed by atoms with Crippen molar-refractivity contribution in [2.45, 2.75) is 19.9 Å². The summed E-state index contributed by atoms with van der Waals surface area (Å²) in [4.78, 5) is 6.61. The summed E-state index contributed by atoms with van der Waals surface area (Å²) in [6, 6.07) is 4.19. The lowest BCUT2D eigenvalue weighted by molar-refractivity contribution is 0.615. The minimum atomic E-state index is 0.367. The van der Waals surface area contributed by atoms with E-state index in [1.54, 1.807) is 12.5 Å². The number of alkyl halides is 1. The molecular formula is C12H15ClN2O. The van der Waals surface area contributed by atoms with Crippen molar-refractivity contribution in [2.75, 3.05) is 17.3 Å². The predicted molar refractivity (Wildman–Crippen MR) is 67.2 cm³/mol. The second-order valence-electron chi connectivity index (χ2n) is 3.94. The lowest BCUT2D eigenvalue weighted by atomic mass is 10.2. The average Bonchev–Trinajstić information content (AvgIpc) is 2.73. The maximum atomic E-state index is 5.82. The minimum Gasteiger partial charge on any atom is -0.464 e. The van der Waals surface area contributed by atoms with Crippen molar-refractivity contribution in [3.8, 4) is 0 Å². The van der Waals surface area contributed by atoms with Crippen LogP contribution in [-0.2, 0) is 0 Å². The first-order valence-electron chi connectivity index (χ1n) is 5.39. The molecule has 0 aliphatic carbocycles. The van der Waals surface area contributed by atoms with Gasteiger partial charge in [0.05, 0.1) is 11.6 Å². The molecule has 0 spiro atoms. The largest absolute Gasteiger partial charge is 0.464 e. The Balaban J connectivity index is 2.47. The highest BCUT2D eigenvalue weighted by atomic mass is 35.5. The Morgan fingerprint density at radius 1 is 1.44 bits per heavy atom. The summed E-state index contributed by atoms with van der Waals surface area (Å²) in [6.07, 6.45) is 3.46. The van der Waals surface area contributed by atoms with E-state index in [0.29, 0.717) is 11.9 Å². The molecule has 0 amide bonds. The highest BCUT2D eigenvalue weighted by Gasteiger charge is 2.15. The van der Waals surface area contributed by atoms with Crippen LogP contribution >= 0.6 is 11.6 Å². The van der Waals surface area contributed by atoms with Gasteiger partial charge in [-0.1, -0.05) is 0 Å². The Hall–Kier alpha value is -1.22. The van der Waals surface area contributed by atoms with Gasteiger partial charge >= 0.3 is 0 Å². The van der Waals surface area contributed by atoms with Gasteiger partial charge in [-0.15, -0.1) is 11.6 Å². The summed E-state index contributed by atoms with van der Waals surface area (Å²) in [7, 11) is 0. The third kappa shape index (κ3) is 2.00. The number of rotatable bonds is 4. The van der Waals surface area contributed by atoms with Crippen LogP contribution < -0.4 is 4.90 Å². The van der Waals surface area contributed by atoms with Crippen molar-refractivity contribution in [2.24, 2.45) is 0 Å². The van der Waals surface area contributed by atoms with Crippen LogP contribution in [-0.4, -0.2) is 23.5 Å². The molecule has 16 heavy (non-hydrogen) atoms. The van der Waals surface area contributed by atoms with Crippen molar-refractivity contribution in [1.29, 1.82) is 0 Å². The zero-order valence-electron chi connectivity index (χ0n) is 9.48. The number of fused-ring (bicyclic) bond motifs is 1. The maximum absolute atomic E-state index is 5.82. The molecule has 0 atom stereocenters. The Kier molecular flexibility index (Phi) is 3.34. The second-order valence-corrected chi connectivity index (χ2v) is 4.32. The fourth-order valence-electron chi connectivity index (χ4n) is 1.81. The normalized spacial score (nSPS) is 11.2. The van der Waals surface area contributed by atoms with Crippen molar-refractivity contribution in [3.63, 3.8) is 0 Å². The fourth-order valence-corrected chi connectivity index (χ4v) is 1.99. The zero-order valence-corrected chi connectivity index (χ0v) is 10.2. The fraction of sp³-hybridized carbons (Fsp3) is 0.417. The van der Waals surface area contributed by atoms with Crippen LogP contribution in [0.4, 0.5) is 5.82 Å². The molecule has 2 aromatic rings. The average molecular weight is 239 g/mol. The molecule has 0 radical (unpaired) electrons. The van der Waals surface area contributed by atoms with Gasteiger partial charge in [-0.25, -0.2) is 4.98 Å². The quantitative estimate of drug-likeness (QED) is 0.766. The Morgan fingerprint density at radius 2 is 2.25 bits per heavy atom. The molecule has 0 aliphatic rings. The van der Waals surface area contributed by atoms with Gasteiger partial charge in [0.25, 0.3) is 0 Å². The highest BCUT2D eigenvalue weighted by Crippen LogP contribution is 2.26. The van der Waals surface area contributed by atoms with E-state index in [-0.39, 0.29) is 0 Å². The summed E-state index contributed by atoms with van der Waals surface area (Å²) < 4.78 is 5.37. The smallest absolute Gasteiger partial charge is 0.139 e. The Morgan fingerprint density at radius 3 is 2.94 bits per heavy atom. The van der Waals surface area contributed by atoms with Crippen LogP contribution in [0.15, 0.2) is 29.0 Å². The van der Waals surface area contributed by atoms with Crippen LogP contribution in [0.25, 0.3) is 11.0 Å². The number of hydrogen-bond donors (Lipinski definition) is 0. The van der Waals surface area contributed by atoms with Gasteiger partial charge in [-0.2, -0.15) is 0 Å². The third-order valence-corrected chi connectivity index (χ3v) is 2.75. The molecule has 2 aromatic heterocycles. The van der Waals surface area contributed by atoms with Crippen LogP contribution in [0, 0.1) is 0 Å². The molecule has 0 N–H and O–H groups in total. The van der Waals surface area contributed by atoms with E-state index in [2.05, 4.69) is 23.7 Å². The molecule has 0 aromatic carbocycles.